The number of aromatic carboxylic acids is 1. The molecule has 0 amide bonds. The molecular weight excluding hydrogens is 321 g/mol. The van der Waals surface area contributed by atoms with E-state index in [0.29, 0.717) is 0 Å². The van der Waals surface area contributed by atoms with E-state index in [0.717, 1.165) is 6.07 Å². The third kappa shape index (κ3) is 3.49. The van der Waals surface area contributed by atoms with Crippen LogP contribution in [0, 0.1) is 22.6 Å². The number of nitriles is 1. The number of carboxylic acid groups (broad SMARTS) is 1. The van der Waals surface area contributed by atoms with E-state index in [1.165, 1.54) is 6.07 Å². The van der Waals surface area contributed by atoms with Crippen LogP contribution in [0.2, 0.25) is 0 Å². The monoisotopic (exact) mass is 327 g/mol. The first-order chi connectivity index (χ1) is 8.86. The molecular formula is C10H7BrFN5O2. The fraction of sp³-hybridized carbons (Fsp3) is 0. The van der Waals surface area contributed by atoms with Crippen LogP contribution in [-0.4, -0.2) is 22.6 Å². The Labute approximate surface area is 115 Å². The number of hydrogen-bond donors (Lipinski definition) is 4. The molecule has 0 saturated carbocycles. The lowest BCUT2D eigenvalue weighted by atomic mass is 10.2. The van der Waals surface area contributed by atoms with Crippen molar-refractivity contribution >= 4 is 39.1 Å². The standard InChI is InChI=1S/C10H7BrFN5O2/c11-5-1-4(10(18)19)2-6(12)8(5)17-16-7(3-13)9(14)15/h1-2,17H,(H3,14,15)(H,18,19)/b16-7+. The fourth-order valence-electron chi connectivity index (χ4n) is 1.06. The van der Waals surface area contributed by atoms with Gasteiger partial charge in [-0.2, -0.15) is 10.4 Å². The van der Waals surface area contributed by atoms with Gasteiger partial charge in [0.1, 0.15) is 17.6 Å². The van der Waals surface area contributed by atoms with Gasteiger partial charge in [0, 0.05) is 4.47 Å². The normalized spacial score (nSPS) is 10.7. The highest BCUT2D eigenvalue weighted by Gasteiger charge is 2.13. The van der Waals surface area contributed by atoms with Crippen LogP contribution < -0.4 is 11.2 Å². The highest BCUT2D eigenvalue weighted by atomic mass is 79.9. The van der Waals surface area contributed by atoms with E-state index < -0.39 is 23.3 Å². The first-order valence-corrected chi connectivity index (χ1v) is 5.46. The summed E-state index contributed by atoms with van der Waals surface area (Å²) in [6.07, 6.45) is 0. The summed E-state index contributed by atoms with van der Waals surface area (Å²) in [5, 5.41) is 27.8. The zero-order valence-corrected chi connectivity index (χ0v) is 10.8. The Balaban J connectivity index is 3.14. The third-order valence-corrected chi connectivity index (χ3v) is 2.56. The van der Waals surface area contributed by atoms with Crippen molar-refractivity contribution in [2.75, 3.05) is 5.43 Å². The summed E-state index contributed by atoms with van der Waals surface area (Å²) in [5.41, 5.74) is 6.43. The molecule has 0 atom stereocenters. The Kier molecular flexibility index (Phi) is 4.55. The fourth-order valence-corrected chi connectivity index (χ4v) is 1.59. The number of carbonyl (C=O) groups is 1. The SMILES string of the molecule is N#C/C(=N\Nc1c(F)cc(C(=O)O)cc1Br)C(=N)N. The molecule has 0 radical (unpaired) electrons. The Hall–Kier alpha value is -2.47. The van der Waals surface area contributed by atoms with E-state index in [1.54, 1.807) is 6.07 Å². The molecule has 0 bridgehead atoms. The quantitative estimate of drug-likeness (QED) is 0.377. The highest BCUT2D eigenvalue weighted by molar-refractivity contribution is 9.10. The third-order valence-electron chi connectivity index (χ3n) is 1.93. The molecule has 1 aromatic rings. The van der Waals surface area contributed by atoms with Crippen molar-refractivity contribution in [3.05, 3.63) is 28.0 Å². The summed E-state index contributed by atoms with van der Waals surface area (Å²) in [6.45, 7) is 0. The van der Waals surface area contributed by atoms with E-state index in [-0.39, 0.29) is 15.7 Å². The lowest BCUT2D eigenvalue weighted by Gasteiger charge is -2.07. The maximum atomic E-state index is 13.6. The summed E-state index contributed by atoms with van der Waals surface area (Å²) in [4.78, 5) is 10.7. The molecule has 98 valence electrons. The van der Waals surface area contributed by atoms with E-state index in [2.05, 4.69) is 26.5 Å². The molecule has 5 N–H and O–H groups in total. The summed E-state index contributed by atoms with van der Waals surface area (Å²) in [7, 11) is 0. The zero-order chi connectivity index (χ0) is 14.6. The number of amidine groups is 1. The molecule has 7 nitrogen and oxygen atoms in total. The largest absolute Gasteiger partial charge is 0.478 e. The summed E-state index contributed by atoms with van der Waals surface area (Å²) < 4.78 is 13.7. The number of halogens is 2. The molecule has 0 saturated heterocycles. The van der Waals surface area contributed by atoms with E-state index >= 15 is 0 Å². The van der Waals surface area contributed by atoms with Gasteiger partial charge in [0.2, 0.25) is 5.71 Å². The summed E-state index contributed by atoms with van der Waals surface area (Å²) in [6, 6.07) is 3.51. The molecule has 0 aliphatic carbocycles. The van der Waals surface area contributed by atoms with Crippen molar-refractivity contribution in [3.63, 3.8) is 0 Å². The molecule has 9 heteroatoms. The van der Waals surface area contributed by atoms with Crippen molar-refractivity contribution < 1.29 is 14.3 Å². The van der Waals surface area contributed by atoms with Crippen LogP contribution in [0.4, 0.5) is 10.1 Å². The van der Waals surface area contributed by atoms with Gasteiger partial charge < -0.3 is 10.8 Å². The number of nitrogens with two attached hydrogens (primary N) is 1. The van der Waals surface area contributed by atoms with Gasteiger partial charge in [-0.1, -0.05) is 0 Å². The minimum absolute atomic E-state index is 0.106. The molecule has 0 spiro atoms. The van der Waals surface area contributed by atoms with Crippen molar-refractivity contribution in [1.82, 2.24) is 0 Å². The summed E-state index contributed by atoms with van der Waals surface area (Å²) >= 11 is 2.97. The average molecular weight is 328 g/mol. The van der Waals surface area contributed by atoms with Crippen molar-refractivity contribution in [2.45, 2.75) is 0 Å². The first-order valence-electron chi connectivity index (χ1n) is 4.67. The lowest BCUT2D eigenvalue weighted by molar-refractivity contribution is 0.0696. The van der Waals surface area contributed by atoms with Gasteiger partial charge in [0.15, 0.2) is 5.84 Å². The number of benzene rings is 1. The zero-order valence-electron chi connectivity index (χ0n) is 9.24. The second-order valence-corrected chi connectivity index (χ2v) is 4.07. The molecule has 0 heterocycles. The van der Waals surface area contributed by atoms with Crippen LogP contribution in [0.1, 0.15) is 10.4 Å². The first kappa shape index (κ1) is 14.6. The van der Waals surface area contributed by atoms with E-state index in [9.17, 15) is 9.18 Å². The van der Waals surface area contributed by atoms with Crippen LogP contribution in [0.15, 0.2) is 21.7 Å². The summed E-state index contributed by atoms with van der Waals surface area (Å²) in [5.74, 6) is -2.74. The number of carboxylic acids is 1. The maximum absolute atomic E-state index is 13.6. The number of nitrogens with zero attached hydrogens (tertiary/aromatic N) is 2. The molecule has 0 aromatic heterocycles. The molecule has 1 rings (SSSR count). The van der Waals surface area contributed by atoms with E-state index in [4.69, 9.17) is 21.5 Å². The van der Waals surface area contributed by atoms with E-state index in [1.807, 2.05) is 0 Å². The predicted molar refractivity (Wildman–Crippen MR) is 69.6 cm³/mol. The van der Waals surface area contributed by atoms with Crippen LogP contribution in [0.25, 0.3) is 0 Å². The average Bonchev–Trinajstić information content (AvgIpc) is 2.31. The molecule has 19 heavy (non-hydrogen) atoms. The highest BCUT2D eigenvalue weighted by Crippen LogP contribution is 2.27. The number of hydrazone groups is 1. The minimum Gasteiger partial charge on any atom is -0.478 e. The second kappa shape index (κ2) is 5.92. The van der Waals surface area contributed by atoms with Gasteiger partial charge in [0.05, 0.1) is 5.56 Å². The molecule has 0 aliphatic heterocycles. The van der Waals surface area contributed by atoms with Gasteiger partial charge in [0.25, 0.3) is 0 Å². The molecule has 0 aliphatic rings. The number of anilines is 1. The van der Waals surface area contributed by atoms with Crippen LogP contribution in [-0.2, 0) is 0 Å². The van der Waals surface area contributed by atoms with Gasteiger partial charge in [-0.3, -0.25) is 10.8 Å². The van der Waals surface area contributed by atoms with Crippen LogP contribution >= 0.6 is 15.9 Å². The topological polar surface area (TPSA) is 135 Å². The number of nitrogens with one attached hydrogen (secondary N) is 2. The number of hydrogen-bond acceptors (Lipinski definition) is 5. The van der Waals surface area contributed by atoms with Crippen LogP contribution in [0.5, 0.6) is 0 Å². The van der Waals surface area contributed by atoms with Crippen molar-refractivity contribution in [3.8, 4) is 6.07 Å². The Morgan fingerprint density at radius 1 is 1.63 bits per heavy atom. The van der Waals surface area contributed by atoms with Crippen LogP contribution in [0.3, 0.4) is 0 Å². The minimum atomic E-state index is -1.28. The Morgan fingerprint density at radius 2 is 2.26 bits per heavy atom. The molecule has 1 aromatic carbocycles. The smallest absolute Gasteiger partial charge is 0.335 e. The van der Waals surface area contributed by atoms with Gasteiger partial charge in [-0.15, -0.1) is 0 Å². The number of rotatable bonds is 4. The van der Waals surface area contributed by atoms with Gasteiger partial charge in [-0.05, 0) is 28.1 Å². The van der Waals surface area contributed by atoms with Gasteiger partial charge in [-0.25, -0.2) is 9.18 Å². The lowest BCUT2D eigenvalue weighted by Crippen LogP contribution is -2.22. The van der Waals surface area contributed by atoms with Crippen molar-refractivity contribution in [1.29, 1.82) is 10.7 Å². The predicted octanol–water partition coefficient (Wildman–Crippen LogP) is 1.51. The Morgan fingerprint density at radius 3 is 2.68 bits per heavy atom. The molecule has 0 unspecified atom stereocenters. The van der Waals surface area contributed by atoms with Gasteiger partial charge >= 0.3 is 5.97 Å². The van der Waals surface area contributed by atoms with Crippen molar-refractivity contribution in [2.24, 2.45) is 10.8 Å². The Bertz CT molecular complexity index is 600. The second-order valence-electron chi connectivity index (χ2n) is 3.22. The molecule has 0 fully saturated rings. The maximum Gasteiger partial charge on any atom is 0.335 e.